The van der Waals surface area contributed by atoms with Crippen LogP contribution in [-0.4, -0.2) is 64.9 Å². The van der Waals surface area contributed by atoms with Gasteiger partial charge in [-0.3, -0.25) is 24.4 Å². The number of nitrogens with one attached hydrogen (secondary N) is 2. The first kappa shape index (κ1) is 17.0. The van der Waals surface area contributed by atoms with E-state index in [4.69, 9.17) is 0 Å². The summed E-state index contributed by atoms with van der Waals surface area (Å²) in [6, 6.07) is 5.45. The molecular weight excluding hydrogens is 334 g/mol. The summed E-state index contributed by atoms with van der Waals surface area (Å²) in [6.07, 6.45) is 4.21. The van der Waals surface area contributed by atoms with Crippen molar-refractivity contribution in [1.82, 2.24) is 25.4 Å². The van der Waals surface area contributed by atoms with Gasteiger partial charge in [0.05, 0.1) is 12.2 Å². The molecule has 0 aromatic carbocycles. The Morgan fingerprint density at radius 1 is 1.27 bits per heavy atom. The lowest BCUT2D eigenvalue weighted by Crippen LogP contribution is -2.47. The normalized spacial score (nSPS) is 26.2. The lowest BCUT2D eigenvalue weighted by atomic mass is 9.98. The zero-order chi connectivity index (χ0) is 18.1. The van der Waals surface area contributed by atoms with Crippen molar-refractivity contribution in [1.29, 1.82) is 0 Å². The SMILES string of the molecule is O=C(CN1C(=O)CNC1=O)N[C@@H]1CN(Cc2ccccn2)C[C@H]1C1CC1. The van der Waals surface area contributed by atoms with Gasteiger partial charge in [-0.25, -0.2) is 4.79 Å². The van der Waals surface area contributed by atoms with Crippen LogP contribution >= 0.6 is 0 Å². The van der Waals surface area contributed by atoms with Crippen LogP contribution in [0.5, 0.6) is 0 Å². The molecule has 2 atom stereocenters. The third kappa shape index (κ3) is 3.70. The summed E-state index contributed by atoms with van der Waals surface area (Å²) in [5.74, 6) is 0.453. The van der Waals surface area contributed by atoms with E-state index in [1.165, 1.54) is 12.8 Å². The number of imide groups is 1. The maximum atomic E-state index is 12.4. The summed E-state index contributed by atoms with van der Waals surface area (Å²) in [5.41, 5.74) is 1.02. The molecule has 3 heterocycles. The van der Waals surface area contributed by atoms with Gasteiger partial charge in [0.25, 0.3) is 5.91 Å². The van der Waals surface area contributed by atoms with Gasteiger partial charge in [0, 0.05) is 31.9 Å². The molecule has 2 N–H and O–H groups in total. The molecule has 8 heteroatoms. The highest BCUT2D eigenvalue weighted by Crippen LogP contribution is 2.41. The topological polar surface area (TPSA) is 94.6 Å². The first-order chi connectivity index (χ1) is 12.6. The smallest absolute Gasteiger partial charge is 0.325 e. The maximum absolute atomic E-state index is 12.4. The van der Waals surface area contributed by atoms with E-state index < -0.39 is 6.03 Å². The van der Waals surface area contributed by atoms with Gasteiger partial charge < -0.3 is 10.6 Å². The number of carbonyl (C=O) groups excluding carboxylic acids is 3. The van der Waals surface area contributed by atoms with Gasteiger partial charge in [-0.05, 0) is 36.8 Å². The van der Waals surface area contributed by atoms with E-state index in [0.717, 1.165) is 30.2 Å². The van der Waals surface area contributed by atoms with Crippen molar-refractivity contribution in [2.45, 2.75) is 25.4 Å². The van der Waals surface area contributed by atoms with E-state index in [9.17, 15) is 14.4 Å². The second-order valence-corrected chi connectivity index (χ2v) is 7.33. The third-order valence-corrected chi connectivity index (χ3v) is 5.37. The lowest BCUT2D eigenvalue weighted by Gasteiger charge is -2.21. The van der Waals surface area contributed by atoms with Crippen LogP contribution in [-0.2, 0) is 16.1 Å². The van der Waals surface area contributed by atoms with Crippen LogP contribution in [0.15, 0.2) is 24.4 Å². The molecule has 0 bridgehead atoms. The molecule has 2 saturated heterocycles. The molecule has 1 aromatic heterocycles. The monoisotopic (exact) mass is 357 g/mol. The number of rotatable bonds is 6. The molecule has 0 unspecified atom stereocenters. The van der Waals surface area contributed by atoms with E-state index in [1.54, 1.807) is 6.20 Å². The van der Waals surface area contributed by atoms with Gasteiger partial charge in [-0.15, -0.1) is 0 Å². The highest BCUT2D eigenvalue weighted by Gasteiger charge is 2.43. The average Bonchev–Trinajstić information content (AvgIpc) is 3.34. The number of urea groups is 1. The molecule has 8 nitrogen and oxygen atoms in total. The van der Waals surface area contributed by atoms with Gasteiger partial charge in [0.1, 0.15) is 6.54 Å². The van der Waals surface area contributed by atoms with Crippen molar-refractivity contribution in [3.05, 3.63) is 30.1 Å². The summed E-state index contributed by atoms with van der Waals surface area (Å²) in [7, 11) is 0. The number of hydrogen-bond acceptors (Lipinski definition) is 5. The Morgan fingerprint density at radius 3 is 2.77 bits per heavy atom. The highest BCUT2D eigenvalue weighted by molar-refractivity contribution is 6.04. The number of amides is 4. The first-order valence-corrected chi connectivity index (χ1v) is 9.10. The summed E-state index contributed by atoms with van der Waals surface area (Å²) < 4.78 is 0. The molecule has 0 spiro atoms. The molecule has 3 fully saturated rings. The van der Waals surface area contributed by atoms with Crippen molar-refractivity contribution >= 4 is 17.8 Å². The fourth-order valence-corrected chi connectivity index (χ4v) is 3.93. The zero-order valence-corrected chi connectivity index (χ0v) is 14.6. The maximum Gasteiger partial charge on any atom is 0.325 e. The molecule has 138 valence electrons. The second kappa shape index (κ2) is 7.03. The molecule has 4 rings (SSSR count). The zero-order valence-electron chi connectivity index (χ0n) is 14.6. The summed E-state index contributed by atoms with van der Waals surface area (Å²) in [6.45, 7) is 2.24. The second-order valence-electron chi connectivity index (χ2n) is 7.33. The van der Waals surface area contributed by atoms with Gasteiger partial charge in [0.2, 0.25) is 5.91 Å². The fourth-order valence-electron chi connectivity index (χ4n) is 3.93. The van der Waals surface area contributed by atoms with Crippen molar-refractivity contribution in [3.63, 3.8) is 0 Å². The Bertz CT molecular complexity index is 690. The van der Waals surface area contributed by atoms with Crippen LogP contribution < -0.4 is 10.6 Å². The van der Waals surface area contributed by atoms with E-state index in [2.05, 4.69) is 20.5 Å². The van der Waals surface area contributed by atoms with E-state index in [-0.39, 0.29) is 30.9 Å². The van der Waals surface area contributed by atoms with Crippen LogP contribution in [0.1, 0.15) is 18.5 Å². The van der Waals surface area contributed by atoms with E-state index >= 15 is 0 Å². The van der Waals surface area contributed by atoms with Gasteiger partial charge >= 0.3 is 6.03 Å². The van der Waals surface area contributed by atoms with Crippen LogP contribution in [0.3, 0.4) is 0 Å². The molecule has 1 aliphatic carbocycles. The number of carbonyl (C=O) groups is 3. The van der Waals surface area contributed by atoms with Crippen molar-refractivity contribution in [2.75, 3.05) is 26.2 Å². The molecule has 2 aliphatic heterocycles. The lowest BCUT2D eigenvalue weighted by molar-refractivity contribution is -0.131. The molecule has 4 amide bonds. The minimum Gasteiger partial charge on any atom is -0.350 e. The molecule has 1 saturated carbocycles. The van der Waals surface area contributed by atoms with Crippen molar-refractivity contribution in [3.8, 4) is 0 Å². The number of hydrogen-bond donors (Lipinski definition) is 2. The Morgan fingerprint density at radius 2 is 2.12 bits per heavy atom. The summed E-state index contributed by atoms with van der Waals surface area (Å²) in [5, 5.41) is 5.49. The standard InChI is InChI=1S/C18H23N5O3/c24-16(11-23-17(25)7-20-18(23)26)21-15-10-22(9-14(15)12-4-5-12)8-13-3-1-2-6-19-13/h1-3,6,12,14-15H,4-5,7-11H2,(H,20,26)(H,21,24)/t14-,15+/m0/s1. The Labute approximate surface area is 151 Å². The number of pyridine rings is 1. The quantitative estimate of drug-likeness (QED) is 0.697. The third-order valence-electron chi connectivity index (χ3n) is 5.37. The van der Waals surface area contributed by atoms with Gasteiger partial charge in [-0.1, -0.05) is 6.07 Å². The van der Waals surface area contributed by atoms with Crippen molar-refractivity contribution in [2.24, 2.45) is 11.8 Å². The largest absolute Gasteiger partial charge is 0.350 e. The fraction of sp³-hybridized carbons (Fsp3) is 0.556. The number of aromatic nitrogens is 1. The molecule has 26 heavy (non-hydrogen) atoms. The molecule has 1 aromatic rings. The summed E-state index contributed by atoms with van der Waals surface area (Å²) in [4.78, 5) is 43.3. The highest BCUT2D eigenvalue weighted by atomic mass is 16.2. The molecule has 0 radical (unpaired) electrons. The van der Waals surface area contributed by atoms with E-state index in [0.29, 0.717) is 11.8 Å². The molecule has 3 aliphatic rings. The van der Waals surface area contributed by atoms with Crippen LogP contribution in [0, 0.1) is 11.8 Å². The van der Waals surface area contributed by atoms with E-state index in [1.807, 2.05) is 18.2 Å². The van der Waals surface area contributed by atoms with Crippen LogP contribution in [0.25, 0.3) is 0 Å². The molecular formula is C18H23N5O3. The van der Waals surface area contributed by atoms with Crippen LogP contribution in [0.4, 0.5) is 4.79 Å². The Balaban J connectivity index is 1.36. The minimum atomic E-state index is -0.493. The summed E-state index contributed by atoms with van der Waals surface area (Å²) >= 11 is 0. The van der Waals surface area contributed by atoms with Gasteiger partial charge in [0.15, 0.2) is 0 Å². The Hall–Kier alpha value is -2.48. The predicted molar refractivity (Wildman–Crippen MR) is 92.8 cm³/mol. The number of nitrogens with zero attached hydrogens (tertiary/aromatic N) is 3. The van der Waals surface area contributed by atoms with Gasteiger partial charge in [-0.2, -0.15) is 0 Å². The van der Waals surface area contributed by atoms with Crippen LogP contribution in [0.2, 0.25) is 0 Å². The van der Waals surface area contributed by atoms with Crippen molar-refractivity contribution < 1.29 is 14.4 Å². The predicted octanol–water partition coefficient (Wildman–Crippen LogP) is -0.0400. The average molecular weight is 357 g/mol. The minimum absolute atomic E-state index is 0.0297. The number of likely N-dealkylation sites (tertiary alicyclic amines) is 1. The Kier molecular flexibility index (Phi) is 4.58. The first-order valence-electron chi connectivity index (χ1n) is 9.10.